The fraction of sp³-hybridized carbons (Fsp3) is 0.407. The first kappa shape index (κ1) is 30.3. The molecule has 4 rings (SSSR count). The van der Waals surface area contributed by atoms with E-state index < -0.39 is 17.7 Å². The number of rotatable bonds is 9. The number of nitrogens with two attached hydrogens (primary N) is 1. The number of phenolic OH excluding ortho intramolecular Hbond substituents is 1. The summed E-state index contributed by atoms with van der Waals surface area (Å²) in [6, 6.07) is 5.60. The van der Waals surface area contributed by atoms with Gasteiger partial charge in [-0.05, 0) is 114 Å². The molecule has 3 aromatic rings. The van der Waals surface area contributed by atoms with Crippen molar-refractivity contribution in [3.05, 3.63) is 53.0 Å². The van der Waals surface area contributed by atoms with Crippen molar-refractivity contribution in [2.75, 3.05) is 50.5 Å². The summed E-state index contributed by atoms with van der Waals surface area (Å²) in [6.45, 7) is 4.00. The van der Waals surface area contributed by atoms with Crippen molar-refractivity contribution < 1.29 is 19.1 Å². The van der Waals surface area contributed by atoms with Crippen molar-refractivity contribution in [2.45, 2.75) is 32.2 Å². The maximum Gasteiger partial charge on any atom is 0.348 e. The number of likely N-dealkylation sites (N-methyl/N-ethyl adjacent to an activating group) is 1. The lowest BCUT2D eigenvalue weighted by Gasteiger charge is -2.25. The van der Waals surface area contributed by atoms with E-state index in [0.717, 1.165) is 18.4 Å². The van der Waals surface area contributed by atoms with Gasteiger partial charge in [-0.15, -0.1) is 0 Å². The fourth-order valence-electron chi connectivity index (χ4n) is 4.79. The first-order valence-corrected chi connectivity index (χ1v) is 15.0. The Balaban J connectivity index is 1.68. The number of aryl methyl sites for hydroxylation is 1. The molecule has 0 bridgehead atoms. The van der Waals surface area contributed by atoms with E-state index in [0.29, 0.717) is 56.5 Å². The molecule has 0 aliphatic carbocycles. The minimum Gasteiger partial charge on any atom is -0.506 e. The van der Waals surface area contributed by atoms with Crippen molar-refractivity contribution in [1.29, 1.82) is 0 Å². The van der Waals surface area contributed by atoms with E-state index in [4.69, 9.17) is 10.2 Å². The number of nitrogens with one attached hydrogen (secondary N) is 1. The molecule has 11 nitrogen and oxygen atoms in total. The van der Waals surface area contributed by atoms with E-state index in [1.165, 1.54) is 4.90 Å². The number of carbonyl (C=O) groups excluding carboxylic acids is 2. The molecule has 0 spiro atoms. The van der Waals surface area contributed by atoms with E-state index in [2.05, 4.69) is 55.5 Å². The average molecular weight is 774 g/mol. The quantitative estimate of drug-likeness (QED) is 0.281. The number of fused-ring (bicyclic) bond motifs is 1. The molecule has 214 valence electrons. The number of urea groups is 1. The van der Waals surface area contributed by atoms with Gasteiger partial charge in [0, 0.05) is 38.3 Å². The zero-order valence-electron chi connectivity index (χ0n) is 22.5. The van der Waals surface area contributed by atoms with Gasteiger partial charge in [-0.1, -0.05) is 0 Å². The number of benzene rings is 2. The zero-order valence-corrected chi connectivity index (χ0v) is 26.9. The molecule has 0 unspecified atom stereocenters. The molecule has 1 atom stereocenters. The van der Waals surface area contributed by atoms with Crippen molar-refractivity contribution in [2.24, 2.45) is 5.73 Å². The summed E-state index contributed by atoms with van der Waals surface area (Å²) in [5.74, 6) is 0.0959. The number of halogens is 2. The highest BCUT2D eigenvalue weighted by molar-refractivity contribution is 14.1. The minimum absolute atomic E-state index is 0.0651. The molecule has 1 aliphatic heterocycles. The first-order chi connectivity index (χ1) is 19.0. The van der Waals surface area contributed by atoms with Crippen LogP contribution in [0.2, 0.25) is 0 Å². The SMILES string of the molecule is Cc1c(N(CCN(C)C)C(N)=O)ccc2nc(N[C@@H](Cc3cc(I)c(O)c(I)c3)C(=O)N3CCCC3)oc(=O)c12. The molecule has 40 heavy (non-hydrogen) atoms. The van der Waals surface area contributed by atoms with E-state index >= 15 is 0 Å². The molecule has 13 heteroatoms. The summed E-state index contributed by atoms with van der Waals surface area (Å²) in [4.78, 5) is 48.6. The van der Waals surface area contributed by atoms with Gasteiger partial charge in [0.05, 0.1) is 18.0 Å². The smallest absolute Gasteiger partial charge is 0.348 e. The summed E-state index contributed by atoms with van der Waals surface area (Å²) < 4.78 is 6.95. The summed E-state index contributed by atoms with van der Waals surface area (Å²) >= 11 is 4.12. The number of anilines is 2. The molecule has 2 heterocycles. The fourth-order valence-corrected chi connectivity index (χ4v) is 6.69. The Labute approximate surface area is 259 Å². The van der Waals surface area contributed by atoms with Crippen LogP contribution in [0.1, 0.15) is 24.0 Å². The maximum absolute atomic E-state index is 13.5. The van der Waals surface area contributed by atoms with Crippen LogP contribution in [0.25, 0.3) is 10.9 Å². The highest BCUT2D eigenvalue weighted by atomic mass is 127. The number of amides is 3. The third-order valence-corrected chi connectivity index (χ3v) is 8.53. The lowest BCUT2D eigenvalue weighted by atomic mass is 10.0. The molecule has 1 saturated heterocycles. The van der Waals surface area contributed by atoms with Crippen LogP contribution in [0.4, 0.5) is 16.5 Å². The van der Waals surface area contributed by atoms with Gasteiger partial charge >= 0.3 is 11.7 Å². The first-order valence-electron chi connectivity index (χ1n) is 12.8. The monoisotopic (exact) mass is 774 g/mol. The average Bonchev–Trinajstić information content (AvgIpc) is 3.42. The van der Waals surface area contributed by atoms with E-state index in [1.807, 2.05) is 31.1 Å². The largest absolute Gasteiger partial charge is 0.506 e. The number of carbonyl (C=O) groups is 2. The number of hydrogen-bond donors (Lipinski definition) is 3. The molecule has 0 radical (unpaired) electrons. The minimum atomic E-state index is -0.737. The van der Waals surface area contributed by atoms with Crippen LogP contribution in [0, 0.1) is 14.1 Å². The molecule has 1 aliphatic rings. The molecule has 1 aromatic heterocycles. The van der Waals surface area contributed by atoms with Gasteiger partial charge in [0.2, 0.25) is 5.91 Å². The second-order valence-electron chi connectivity index (χ2n) is 10.0. The second kappa shape index (κ2) is 12.9. The van der Waals surface area contributed by atoms with E-state index in [1.54, 1.807) is 24.0 Å². The summed E-state index contributed by atoms with van der Waals surface area (Å²) in [5, 5.41) is 13.5. The van der Waals surface area contributed by atoms with Crippen molar-refractivity contribution in [1.82, 2.24) is 14.8 Å². The molecule has 1 fully saturated rings. The van der Waals surface area contributed by atoms with Crippen LogP contribution < -0.4 is 21.6 Å². The summed E-state index contributed by atoms with van der Waals surface area (Å²) in [6.07, 6.45) is 2.19. The standard InChI is InChI=1S/C27H32I2N6O5/c1-15-21(35(26(30)39)11-10-33(2)3)7-6-19-22(15)25(38)40-27(31-19)32-20(24(37)34-8-4-5-9-34)14-16-12-17(28)23(36)18(29)13-16/h6-7,12-13,20,36H,4-5,8-11,14H2,1-3H3,(H2,30,39)(H,31,32)/t20-/m0/s1. The highest BCUT2D eigenvalue weighted by Gasteiger charge is 2.29. The molecule has 0 saturated carbocycles. The zero-order chi connectivity index (χ0) is 29.1. The van der Waals surface area contributed by atoms with Gasteiger partial charge < -0.3 is 30.4 Å². The number of nitrogens with zero attached hydrogens (tertiary/aromatic N) is 4. The number of aromatic nitrogens is 1. The van der Waals surface area contributed by atoms with Gasteiger partial charge in [0.15, 0.2) is 0 Å². The number of aromatic hydroxyl groups is 1. The van der Waals surface area contributed by atoms with Crippen molar-refractivity contribution in [3.63, 3.8) is 0 Å². The Morgan fingerprint density at radius 2 is 1.82 bits per heavy atom. The highest BCUT2D eigenvalue weighted by Crippen LogP contribution is 2.29. The molecule has 2 aromatic carbocycles. The Morgan fingerprint density at radius 1 is 1.18 bits per heavy atom. The van der Waals surface area contributed by atoms with Crippen LogP contribution >= 0.6 is 45.2 Å². The van der Waals surface area contributed by atoms with Crippen LogP contribution in [0.15, 0.2) is 33.5 Å². The molecular formula is C27H32I2N6O5. The predicted octanol–water partition coefficient (Wildman–Crippen LogP) is 3.50. The lowest BCUT2D eigenvalue weighted by molar-refractivity contribution is -0.131. The maximum atomic E-state index is 13.5. The van der Waals surface area contributed by atoms with E-state index in [9.17, 15) is 19.5 Å². The van der Waals surface area contributed by atoms with Gasteiger partial charge in [0.1, 0.15) is 11.8 Å². The number of likely N-dealkylation sites (tertiary alicyclic amines) is 1. The normalized spacial score (nSPS) is 14.1. The topological polar surface area (TPSA) is 145 Å². The molecule has 4 N–H and O–H groups in total. The predicted molar refractivity (Wildman–Crippen MR) is 171 cm³/mol. The lowest BCUT2D eigenvalue weighted by Crippen LogP contribution is -2.43. The summed E-state index contributed by atoms with van der Waals surface area (Å²) in [7, 11) is 3.79. The van der Waals surface area contributed by atoms with Crippen molar-refractivity contribution >= 4 is 79.7 Å². The molecule has 3 amide bonds. The Morgan fingerprint density at radius 3 is 2.42 bits per heavy atom. The Bertz CT molecular complexity index is 1470. The molecular weight excluding hydrogens is 742 g/mol. The second-order valence-corrected chi connectivity index (χ2v) is 12.4. The Kier molecular flexibility index (Phi) is 9.76. The number of phenols is 1. The van der Waals surface area contributed by atoms with Gasteiger partial charge in [-0.25, -0.2) is 9.59 Å². The Hall–Kier alpha value is -2.66. The van der Waals surface area contributed by atoms with Gasteiger partial charge in [0.25, 0.3) is 6.01 Å². The van der Waals surface area contributed by atoms with Crippen LogP contribution in [-0.2, 0) is 11.2 Å². The number of hydrogen-bond acceptors (Lipinski definition) is 8. The third kappa shape index (κ3) is 6.79. The van der Waals surface area contributed by atoms with Crippen LogP contribution in [0.3, 0.4) is 0 Å². The van der Waals surface area contributed by atoms with Gasteiger partial charge in [-0.2, -0.15) is 4.98 Å². The van der Waals surface area contributed by atoms with Gasteiger partial charge in [-0.3, -0.25) is 9.69 Å². The third-order valence-electron chi connectivity index (χ3n) is 6.89. The van der Waals surface area contributed by atoms with Crippen molar-refractivity contribution in [3.8, 4) is 5.75 Å². The van der Waals surface area contributed by atoms with Crippen LogP contribution in [0.5, 0.6) is 5.75 Å². The number of primary amides is 1. The van der Waals surface area contributed by atoms with Crippen LogP contribution in [-0.4, -0.2) is 78.1 Å². The van der Waals surface area contributed by atoms with E-state index in [-0.39, 0.29) is 23.1 Å². The summed E-state index contributed by atoms with van der Waals surface area (Å²) in [5.41, 5.74) is 7.27.